The second kappa shape index (κ2) is 15.3. The Bertz CT molecular complexity index is 766. The van der Waals surface area contributed by atoms with E-state index >= 15 is 0 Å². The molecule has 1 aliphatic heterocycles. The SMILES string of the molecule is CCl.CN(CCCCC(C#N)(c1ccccc1)c1ccccc1)CC[N+]1(C)CCOCC1.[Cl-]. The Morgan fingerprint density at radius 1 is 0.939 bits per heavy atom. The predicted molar refractivity (Wildman–Crippen MR) is 134 cm³/mol. The minimum Gasteiger partial charge on any atom is -1.00 e. The van der Waals surface area contributed by atoms with E-state index < -0.39 is 5.41 Å². The molecule has 1 saturated heterocycles. The Kier molecular flexibility index (Phi) is 13.7. The van der Waals surface area contributed by atoms with Crippen molar-refractivity contribution in [1.82, 2.24) is 4.90 Å². The van der Waals surface area contributed by atoms with Gasteiger partial charge in [0.2, 0.25) is 0 Å². The van der Waals surface area contributed by atoms with Gasteiger partial charge in [-0.2, -0.15) is 5.26 Å². The van der Waals surface area contributed by atoms with Gasteiger partial charge in [-0.1, -0.05) is 60.7 Å². The zero-order valence-corrected chi connectivity index (χ0v) is 21.9. The van der Waals surface area contributed by atoms with E-state index in [1.807, 2.05) is 36.4 Å². The van der Waals surface area contributed by atoms with Crippen molar-refractivity contribution in [1.29, 1.82) is 5.26 Å². The van der Waals surface area contributed by atoms with Crippen LogP contribution in [-0.2, 0) is 10.2 Å². The highest BCUT2D eigenvalue weighted by Crippen LogP contribution is 2.36. The van der Waals surface area contributed by atoms with Gasteiger partial charge in [-0.25, -0.2) is 0 Å². The standard InChI is InChI=1S/C26H36N3O.CH3Cl.ClH/c1-28(17-18-29(2)19-21-30-22-20-29)16-10-9-15-26(23-27,24-11-5-3-6-12-24)25-13-7-4-8-14-25;1-2;/h3-8,11-14H,9-10,15-22H2,1-2H3;1H3;1H/q+1;;/p-1. The van der Waals surface area contributed by atoms with Crippen LogP contribution in [0.25, 0.3) is 0 Å². The van der Waals surface area contributed by atoms with Crippen LogP contribution in [0, 0.1) is 11.3 Å². The molecule has 0 atom stereocenters. The van der Waals surface area contributed by atoms with Crippen molar-refractivity contribution in [2.45, 2.75) is 24.7 Å². The van der Waals surface area contributed by atoms with E-state index in [0.717, 1.165) is 74.3 Å². The highest BCUT2D eigenvalue weighted by Gasteiger charge is 2.33. The van der Waals surface area contributed by atoms with Crippen LogP contribution in [0.5, 0.6) is 0 Å². The molecule has 0 bridgehead atoms. The Balaban J connectivity index is 0.00000177. The monoisotopic (exact) mass is 491 g/mol. The summed E-state index contributed by atoms with van der Waals surface area (Å²) in [5, 5.41) is 10.3. The Hall–Kier alpha value is -1.61. The van der Waals surface area contributed by atoms with Gasteiger partial charge in [0.05, 0.1) is 32.9 Å². The average molecular weight is 493 g/mol. The molecule has 3 rings (SSSR count). The van der Waals surface area contributed by atoms with Crippen LogP contribution in [0.1, 0.15) is 30.4 Å². The number of likely N-dealkylation sites (N-methyl/N-ethyl adjacent to an activating group) is 2. The molecule has 0 radical (unpaired) electrons. The maximum atomic E-state index is 10.3. The fourth-order valence-corrected chi connectivity index (χ4v) is 4.39. The molecular formula is C27H39Cl2N3O. The number of benzene rings is 2. The molecular weight excluding hydrogens is 453 g/mol. The van der Waals surface area contributed by atoms with Crippen molar-refractivity contribution in [3.8, 4) is 6.07 Å². The summed E-state index contributed by atoms with van der Waals surface area (Å²) in [5.41, 5.74) is 1.61. The zero-order chi connectivity index (χ0) is 23.3. The number of quaternary nitrogens is 1. The van der Waals surface area contributed by atoms with Gasteiger partial charge in [-0.3, -0.25) is 0 Å². The number of hydrogen-bond donors (Lipinski definition) is 0. The highest BCUT2D eigenvalue weighted by atomic mass is 35.5. The number of nitriles is 1. The summed E-state index contributed by atoms with van der Waals surface area (Å²) in [6.45, 7) is 7.36. The number of nitrogens with zero attached hydrogens (tertiary/aromatic N) is 3. The topological polar surface area (TPSA) is 36.3 Å². The molecule has 0 N–H and O–H groups in total. The molecule has 0 amide bonds. The summed E-state index contributed by atoms with van der Waals surface area (Å²) in [7, 11) is 4.57. The third-order valence-electron chi connectivity index (χ3n) is 6.64. The molecule has 182 valence electrons. The smallest absolute Gasteiger partial charge is 0.107 e. The summed E-state index contributed by atoms with van der Waals surface area (Å²) in [6.07, 6.45) is 4.45. The second-order valence-electron chi connectivity index (χ2n) is 8.91. The fourth-order valence-electron chi connectivity index (χ4n) is 4.39. The Morgan fingerprint density at radius 3 is 1.94 bits per heavy atom. The van der Waals surface area contributed by atoms with Crippen LogP contribution in [0.4, 0.5) is 0 Å². The minimum atomic E-state index is -0.576. The first-order valence-corrected chi connectivity index (χ1v) is 12.3. The number of rotatable bonds is 10. The van der Waals surface area contributed by atoms with Crippen LogP contribution < -0.4 is 12.4 Å². The van der Waals surface area contributed by atoms with Gasteiger partial charge >= 0.3 is 0 Å². The normalized spacial score (nSPS) is 15.0. The average Bonchev–Trinajstić information content (AvgIpc) is 2.86. The van der Waals surface area contributed by atoms with E-state index in [0.29, 0.717) is 0 Å². The summed E-state index contributed by atoms with van der Waals surface area (Å²) in [5.74, 6) is 0. The predicted octanol–water partition coefficient (Wildman–Crippen LogP) is 1.93. The third kappa shape index (κ3) is 8.59. The van der Waals surface area contributed by atoms with Crippen LogP contribution in [-0.4, -0.2) is 75.8 Å². The summed E-state index contributed by atoms with van der Waals surface area (Å²) < 4.78 is 6.63. The molecule has 0 aromatic heterocycles. The quantitative estimate of drug-likeness (QED) is 0.289. The zero-order valence-electron chi connectivity index (χ0n) is 20.4. The van der Waals surface area contributed by atoms with Gasteiger partial charge in [0, 0.05) is 12.9 Å². The van der Waals surface area contributed by atoms with Gasteiger partial charge in [0.25, 0.3) is 0 Å². The van der Waals surface area contributed by atoms with Gasteiger partial charge < -0.3 is 26.5 Å². The molecule has 2 aromatic carbocycles. The lowest BCUT2D eigenvalue weighted by atomic mass is 9.72. The van der Waals surface area contributed by atoms with Crippen molar-refractivity contribution in [3.63, 3.8) is 0 Å². The number of morpholine rings is 1. The van der Waals surface area contributed by atoms with Crippen LogP contribution in [0.2, 0.25) is 0 Å². The van der Waals surface area contributed by atoms with Crippen LogP contribution in [0.15, 0.2) is 60.7 Å². The maximum Gasteiger partial charge on any atom is 0.107 e. The fraction of sp³-hybridized carbons (Fsp3) is 0.519. The molecule has 0 unspecified atom stereocenters. The van der Waals surface area contributed by atoms with E-state index in [4.69, 9.17) is 4.74 Å². The summed E-state index contributed by atoms with van der Waals surface area (Å²) >= 11 is 4.64. The maximum absolute atomic E-state index is 10.3. The molecule has 0 spiro atoms. The number of halogens is 2. The molecule has 1 aliphatic rings. The number of alkyl halides is 1. The van der Waals surface area contributed by atoms with Crippen molar-refractivity contribution in [2.75, 3.05) is 66.4 Å². The van der Waals surface area contributed by atoms with Crippen molar-refractivity contribution < 1.29 is 21.6 Å². The first-order chi connectivity index (χ1) is 15.6. The van der Waals surface area contributed by atoms with Crippen LogP contribution >= 0.6 is 11.6 Å². The highest BCUT2D eigenvalue weighted by molar-refractivity contribution is 6.15. The molecule has 33 heavy (non-hydrogen) atoms. The Labute approximate surface area is 212 Å². The molecule has 2 aromatic rings. The minimum absolute atomic E-state index is 0. The molecule has 4 nitrogen and oxygen atoms in total. The van der Waals surface area contributed by atoms with Gasteiger partial charge in [0.15, 0.2) is 0 Å². The molecule has 1 heterocycles. The number of ether oxygens (including phenoxy) is 1. The van der Waals surface area contributed by atoms with Crippen molar-refractivity contribution >= 4 is 11.6 Å². The lowest BCUT2D eigenvalue weighted by molar-refractivity contribution is -0.916. The lowest BCUT2D eigenvalue weighted by Gasteiger charge is -2.38. The first kappa shape index (κ1) is 29.4. The number of hydrogen-bond acceptors (Lipinski definition) is 3. The van der Waals surface area contributed by atoms with Crippen LogP contribution in [0.3, 0.4) is 0 Å². The van der Waals surface area contributed by atoms with E-state index in [1.165, 1.54) is 12.9 Å². The third-order valence-corrected chi connectivity index (χ3v) is 6.64. The van der Waals surface area contributed by atoms with Gasteiger partial charge in [0.1, 0.15) is 18.5 Å². The summed E-state index contributed by atoms with van der Waals surface area (Å²) in [4.78, 5) is 2.44. The largest absolute Gasteiger partial charge is 1.00 e. The van der Waals surface area contributed by atoms with Crippen molar-refractivity contribution in [3.05, 3.63) is 71.8 Å². The van der Waals surface area contributed by atoms with E-state index in [1.54, 1.807) is 0 Å². The molecule has 0 saturated carbocycles. The molecule has 0 aliphatic carbocycles. The van der Waals surface area contributed by atoms with Crippen molar-refractivity contribution in [2.24, 2.45) is 0 Å². The second-order valence-corrected chi connectivity index (χ2v) is 8.91. The van der Waals surface area contributed by atoms with E-state index in [9.17, 15) is 5.26 Å². The molecule has 6 heteroatoms. The lowest BCUT2D eigenvalue weighted by Crippen LogP contribution is -3.00. The van der Waals surface area contributed by atoms with Gasteiger partial charge in [-0.05, 0) is 44.0 Å². The van der Waals surface area contributed by atoms with E-state index in [-0.39, 0.29) is 12.4 Å². The summed E-state index contributed by atoms with van der Waals surface area (Å²) in [6, 6.07) is 23.2. The van der Waals surface area contributed by atoms with E-state index in [2.05, 4.69) is 60.9 Å². The molecule has 1 fully saturated rings. The number of unbranched alkanes of at least 4 members (excludes halogenated alkanes) is 1. The Morgan fingerprint density at radius 2 is 1.45 bits per heavy atom. The first-order valence-electron chi connectivity index (χ1n) is 11.6. The van der Waals surface area contributed by atoms with Gasteiger partial charge in [-0.15, -0.1) is 11.6 Å².